The van der Waals surface area contributed by atoms with Crippen LogP contribution in [0.4, 0.5) is 4.39 Å². The smallest absolute Gasteiger partial charge is 0.217 e. The Balaban J connectivity index is 2.76. The van der Waals surface area contributed by atoms with Crippen molar-refractivity contribution in [2.45, 2.75) is 13.5 Å². The summed E-state index contributed by atoms with van der Waals surface area (Å²) in [6.45, 7) is 1.93. The third-order valence-corrected chi connectivity index (χ3v) is 1.94. The van der Waals surface area contributed by atoms with E-state index < -0.39 is 0 Å². The maximum atomic E-state index is 12.9. The first-order chi connectivity index (χ1) is 7.63. The van der Waals surface area contributed by atoms with Crippen LogP contribution in [0.2, 0.25) is 0 Å². The Morgan fingerprint density at radius 3 is 2.94 bits per heavy atom. The molecule has 0 aromatic heterocycles. The predicted molar refractivity (Wildman–Crippen MR) is 59.9 cm³/mol. The summed E-state index contributed by atoms with van der Waals surface area (Å²) in [4.78, 5) is 10.6. The number of amides is 1. The van der Waals surface area contributed by atoms with Gasteiger partial charge in [-0.25, -0.2) is 4.39 Å². The topological polar surface area (TPSA) is 55.1 Å². The molecule has 0 heterocycles. The van der Waals surface area contributed by atoms with Crippen LogP contribution in [-0.2, 0) is 11.3 Å². The monoisotopic (exact) mass is 220 g/mol. The second-order valence-corrected chi connectivity index (χ2v) is 3.22. The lowest BCUT2D eigenvalue weighted by Crippen LogP contribution is -2.19. The number of carbonyl (C=O) groups excluding carboxylic acids is 1. The number of hydrogen-bond donors (Lipinski definition) is 2. The molecular formula is C12H13FN2O. The van der Waals surface area contributed by atoms with Crippen LogP contribution in [0.5, 0.6) is 0 Å². The van der Waals surface area contributed by atoms with Crippen LogP contribution in [-0.4, -0.2) is 12.5 Å². The lowest BCUT2D eigenvalue weighted by atomic mass is 10.1. The van der Waals surface area contributed by atoms with Crippen LogP contribution in [0.15, 0.2) is 18.2 Å². The van der Waals surface area contributed by atoms with Crippen LogP contribution < -0.4 is 11.1 Å². The zero-order valence-corrected chi connectivity index (χ0v) is 9.01. The third kappa shape index (κ3) is 3.71. The van der Waals surface area contributed by atoms with Crippen LogP contribution in [0.3, 0.4) is 0 Å². The molecule has 4 heteroatoms. The van der Waals surface area contributed by atoms with Gasteiger partial charge in [-0.2, -0.15) is 0 Å². The van der Waals surface area contributed by atoms with Crippen LogP contribution in [0.25, 0.3) is 0 Å². The Morgan fingerprint density at radius 2 is 2.31 bits per heavy atom. The third-order valence-electron chi connectivity index (χ3n) is 1.94. The minimum atomic E-state index is -0.326. The van der Waals surface area contributed by atoms with Crippen molar-refractivity contribution in [2.75, 3.05) is 6.54 Å². The second-order valence-electron chi connectivity index (χ2n) is 3.22. The first-order valence-electron chi connectivity index (χ1n) is 4.85. The van der Waals surface area contributed by atoms with Gasteiger partial charge in [-0.1, -0.05) is 11.8 Å². The normalized spacial score (nSPS) is 9.19. The number of hydrogen-bond acceptors (Lipinski definition) is 2. The van der Waals surface area contributed by atoms with Crippen molar-refractivity contribution in [3.63, 3.8) is 0 Å². The molecule has 0 saturated heterocycles. The Kier molecular flexibility index (Phi) is 4.49. The highest BCUT2D eigenvalue weighted by Crippen LogP contribution is 2.09. The average molecular weight is 220 g/mol. The maximum Gasteiger partial charge on any atom is 0.217 e. The Labute approximate surface area is 93.8 Å². The summed E-state index contributed by atoms with van der Waals surface area (Å²) < 4.78 is 12.9. The van der Waals surface area contributed by atoms with Gasteiger partial charge in [0.25, 0.3) is 0 Å². The van der Waals surface area contributed by atoms with E-state index in [1.165, 1.54) is 19.1 Å². The Bertz CT molecular complexity index is 446. The second kappa shape index (κ2) is 5.89. The fraction of sp³-hybridized carbons (Fsp3) is 0.250. The molecular weight excluding hydrogens is 207 g/mol. The lowest BCUT2D eigenvalue weighted by molar-refractivity contribution is -0.118. The lowest BCUT2D eigenvalue weighted by Gasteiger charge is -2.00. The first kappa shape index (κ1) is 12.2. The fourth-order valence-electron chi connectivity index (χ4n) is 1.16. The van der Waals surface area contributed by atoms with E-state index in [2.05, 4.69) is 17.2 Å². The van der Waals surface area contributed by atoms with Gasteiger partial charge in [-0.15, -0.1) is 0 Å². The molecule has 0 unspecified atom stereocenters. The summed E-state index contributed by atoms with van der Waals surface area (Å²) >= 11 is 0. The van der Waals surface area contributed by atoms with Crippen molar-refractivity contribution in [3.05, 3.63) is 35.1 Å². The van der Waals surface area contributed by atoms with Gasteiger partial charge in [0.1, 0.15) is 5.82 Å². The fourth-order valence-corrected chi connectivity index (χ4v) is 1.16. The van der Waals surface area contributed by atoms with Crippen molar-refractivity contribution in [1.82, 2.24) is 5.32 Å². The quantitative estimate of drug-likeness (QED) is 0.723. The minimum Gasteiger partial charge on any atom is -0.345 e. The molecule has 1 aromatic rings. The van der Waals surface area contributed by atoms with E-state index in [4.69, 9.17) is 5.73 Å². The number of rotatable bonds is 2. The molecule has 0 aliphatic heterocycles. The van der Waals surface area contributed by atoms with Gasteiger partial charge in [-0.05, 0) is 23.8 Å². The molecule has 0 atom stereocenters. The molecule has 0 radical (unpaired) electrons. The molecule has 1 rings (SSSR count). The summed E-state index contributed by atoms with van der Waals surface area (Å²) in [7, 11) is 0. The largest absolute Gasteiger partial charge is 0.345 e. The highest BCUT2D eigenvalue weighted by molar-refractivity contribution is 5.73. The molecule has 0 aliphatic carbocycles. The highest BCUT2D eigenvalue weighted by atomic mass is 19.1. The number of halogens is 1. The first-order valence-corrected chi connectivity index (χ1v) is 4.85. The molecule has 0 bridgehead atoms. The van der Waals surface area contributed by atoms with E-state index in [0.717, 1.165) is 0 Å². The average Bonchev–Trinajstić information content (AvgIpc) is 2.25. The van der Waals surface area contributed by atoms with Gasteiger partial charge in [0.2, 0.25) is 5.91 Å². The van der Waals surface area contributed by atoms with Gasteiger partial charge in [0, 0.05) is 19.0 Å². The molecule has 84 valence electrons. The number of carbonyl (C=O) groups is 1. The molecule has 1 amide bonds. The summed E-state index contributed by atoms with van der Waals surface area (Å²) in [5.41, 5.74) is 6.82. The molecule has 16 heavy (non-hydrogen) atoms. The summed E-state index contributed by atoms with van der Waals surface area (Å²) in [6, 6.07) is 4.28. The maximum absolute atomic E-state index is 12.9. The van der Waals surface area contributed by atoms with Crippen molar-refractivity contribution < 1.29 is 9.18 Å². The Hall–Kier alpha value is -1.86. The summed E-state index contributed by atoms with van der Waals surface area (Å²) in [6.07, 6.45) is 0. The van der Waals surface area contributed by atoms with E-state index in [1.807, 2.05) is 0 Å². The van der Waals surface area contributed by atoms with E-state index in [9.17, 15) is 9.18 Å². The molecule has 0 aliphatic rings. The number of nitrogens with one attached hydrogen (secondary N) is 1. The van der Waals surface area contributed by atoms with Gasteiger partial charge >= 0.3 is 0 Å². The number of nitrogens with two attached hydrogens (primary N) is 1. The molecule has 0 fully saturated rings. The van der Waals surface area contributed by atoms with Crippen LogP contribution in [0.1, 0.15) is 18.1 Å². The standard InChI is InChI=1S/C12H13FN2O/c1-9(16)15-6-2-3-10-4-5-12(13)7-11(10)8-14/h4-5,7H,6,8,14H2,1H3,(H,15,16). The van der Waals surface area contributed by atoms with E-state index in [0.29, 0.717) is 11.1 Å². The SMILES string of the molecule is CC(=O)NCC#Cc1ccc(F)cc1CN. The van der Waals surface area contributed by atoms with Gasteiger partial charge < -0.3 is 11.1 Å². The molecule has 3 nitrogen and oxygen atoms in total. The van der Waals surface area contributed by atoms with Gasteiger partial charge in [0.05, 0.1) is 6.54 Å². The van der Waals surface area contributed by atoms with Gasteiger partial charge in [0.15, 0.2) is 0 Å². The molecule has 3 N–H and O–H groups in total. The van der Waals surface area contributed by atoms with Crippen LogP contribution >= 0.6 is 0 Å². The zero-order valence-electron chi connectivity index (χ0n) is 9.01. The molecule has 0 saturated carbocycles. The zero-order chi connectivity index (χ0) is 12.0. The molecule has 1 aromatic carbocycles. The van der Waals surface area contributed by atoms with Crippen molar-refractivity contribution in [2.24, 2.45) is 5.73 Å². The van der Waals surface area contributed by atoms with E-state index in [1.54, 1.807) is 6.07 Å². The van der Waals surface area contributed by atoms with Gasteiger partial charge in [-0.3, -0.25) is 4.79 Å². The van der Waals surface area contributed by atoms with Crippen molar-refractivity contribution in [1.29, 1.82) is 0 Å². The van der Waals surface area contributed by atoms with Crippen LogP contribution in [0, 0.1) is 17.7 Å². The minimum absolute atomic E-state index is 0.132. The Morgan fingerprint density at radius 1 is 1.56 bits per heavy atom. The number of benzene rings is 1. The summed E-state index contributed by atoms with van der Waals surface area (Å²) in [5.74, 6) is 5.14. The van der Waals surface area contributed by atoms with E-state index >= 15 is 0 Å². The van der Waals surface area contributed by atoms with Crippen molar-refractivity contribution >= 4 is 5.91 Å². The predicted octanol–water partition coefficient (Wildman–Crippen LogP) is 0.772. The van der Waals surface area contributed by atoms with E-state index in [-0.39, 0.29) is 24.8 Å². The highest BCUT2D eigenvalue weighted by Gasteiger charge is 1.99. The summed E-state index contributed by atoms with van der Waals surface area (Å²) in [5, 5.41) is 2.55. The molecule has 0 spiro atoms. The van der Waals surface area contributed by atoms with Crippen molar-refractivity contribution in [3.8, 4) is 11.8 Å².